The molecule has 0 aromatic rings. The van der Waals surface area contributed by atoms with Crippen LogP contribution in [0.1, 0.15) is 26.2 Å². The van der Waals surface area contributed by atoms with Gasteiger partial charge in [0.15, 0.2) is 0 Å². The van der Waals surface area contributed by atoms with E-state index in [1.54, 1.807) is 18.2 Å². The van der Waals surface area contributed by atoms with Crippen molar-refractivity contribution in [2.75, 3.05) is 0 Å². The fourth-order valence-corrected chi connectivity index (χ4v) is 0.446. The molecule has 0 bridgehead atoms. The standard InChI is InChI=1S/C7H11N.C4H6.C3H3N/c1-3-4-5-7(2)6-8;1-3-4-2;1-2-3-4/h2-5H2,1H3;3-4H,1-2H2;2H,1H2. The van der Waals surface area contributed by atoms with Crippen LogP contribution in [0.4, 0.5) is 0 Å². The van der Waals surface area contributed by atoms with Gasteiger partial charge in [-0.3, -0.25) is 0 Å². The monoisotopic (exact) mass is 216 g/mol. The summed E-state index contributed by atoms with van der Waals surface area (Å²) in [6, 6.07) is 3.70. The summed E-state index contributed by atoms with van der Waals surface area (Å²) in [5.74, 6) is 0. The van der Waals surface area contributed by atoms with Crippen LogP contribution in [0, 0.1) is 22.7 Å². The van der Waals surface area contributed by atoms with Crippen molar-refractivity contribution in [3.63, 3.8) is 0 Å². The summed E-state index contributed by atoms with van der Waals surface area (Å²) in [4.78, 5) is 0. The molecule has 2 nitrogen and oxygen atoms in total. The van der Waals surface area contributed by atoms with Crippen molar-refractivity contribution >= 4 is 0 Å². The van der Waals surface area contributed by atoms with E-state index in [0.29, 0.717) is 5.57 Å². The minimum atomic E-state index is 0.701. The summed E-state index contributed by atoms with van der Waals surface area (Å²) in [6.45, 7) is 15.5. The van der Waals surface area contributed by atoms with Crippen LogP contribution in [-0.2, 0) is 0 Å². The first-order chi connectivity index (χ1) is 7.64. The van der Waals surface area contributed by atoms with Crippen LogP contribution in [0.3, 0.4) is 0 Å². The molecule has 0 N–H and O–H groups in total. The lowest BCUT2D eigenvalue weighted by Crippen LogP contribution is -1.74. The van der Waals surface area contributed by atoms with Gasteiger partial charge in [0.25, 0.3) is 0 Å². The summed E-state index contributed by atoms with van der Waals surface area (Å²) in [5, 5.41) is 15.7. The van der Waals surface area contributed by atoms with Gasteiger partial charge in [-0.1, -0.05) is 51.8 Å². The Labute approximate surface area is 99.5 Å². The quantitative estimate of drug-likeness (QED) is 0.519. The van der Waals surface area contributed by atoms with Crippen LogP contribution < -0.4 is 0 Å². The molecular weight excluding hydrogens is 196 g/mol. The van der Waals surface area contributed by atoms with Crippen LogP contribution in [0.2, 0.25) is 0 Å². The molecule has 2 heteroatoms. The lowest BCUT2D eigenvalue weighted by Gasteiger charge is -1.89. The normalized spacial score (nSPS) is 6.19. The molecule has 0 fully saturated rings. The third-order valence-electron chi connectivity index (χ3n) is 1.25. The number of nitrogens with zero attached hydrogens (tertiary/aromatic N) is 2. The summed E-state index contributed by atoms with van der Waals surface area (Å²) in [7, 11) is 0. The third kappa shape index (κ3) is 40.5. The zero-order valence-corrected chi connectivity index (χ0v) is 10.1. The largest absolute Gasteiger partial charge is 0.193 e. The molecule has 0 unspecified atom stereocenters. The molecule has 0 aromatic heterocycles. The zero-order valence-electron chi connectivity index (χ0n) is 10.1. The van der Waals surface area contributed by atoms with E-state index in [9.17, 15) is 0 Å². The first-order valence-corrected chi connectivity index (χ1v) is 4.96. The lowest BCUT2D eigenvalue weighted by molar-refractivity contribution is 0.801. The minimum absolute atomic E-state index is 0.701. The highest BCUT2D eigenvalue weighted by molar-refractivity contribution is 5.14. The van der Waals surface area contributed by atoms with Crippen molar-refractivity contribution in [1.29, 1.82) is 10.5 Å². The molecule has 0 aliphatic carbocycles. The molecule has 0 amide bonds. The number of hydrogen-bond donors (Lipinski definition) is 0. The van der Waals surface area contributed by atoms with E-state index in [4.69, 9.17) is 10.5 Å². The Morgan fingerprint density at radius 2 is 1.62 bits per heavy atom. The molecule has 0 radical (unpaired) electrons. The Hall–Kier alpha value is -2.06. The highest BCUT2D eigenvalue weighted by Crippen LogP contribution is 2.01. The van der Waals surface area contributed by atoms with Gasteiger partial charge in [0.05, 0.1) is 12.1 Å². The molecule has 0 aromatic carbocycles. The van der Waals surface area contributed by atoms with E-state index in [1.165, 1.54) is 6.08 Å². The van der Waals surface area contributed by atoms with Crippen molar-refractivity contribution in [1.82, 2.24) is 0 Å². The lowest BCUT2D eigenvalue weighted by atomic mass is 10.1. The Morgan fingerprint density at radius 1 is 1.19 bits per heavy atom. The number of unbranched alkanes of at least 4 members (excludes halogenated alkanes) is 1. The van der Waals surface area contributed by atoms with Crippen LogP contribution in [0.15, 0.2) is 50.1 Å². The molecule has 0 rings (SSSR count). The van der Waals surface area contributed by atoms with E-state index < -0.39 is 0 Å². The van der Waals surface area contributed by atoms with Gasteiger partial charge >= 0.3 is 0 Å². The van der Waals surface area contributed by atoms with Gasteiger partial charge in [0, 0.05) is 11.6 Å². The molecule has 0 heterocycles. The van der Waals surface area contributed by atoms with Gasteiger partial charge in [0.1, 0.15) is 0 Å². The molecular formula is C14H20N2. The van der Waals surface area contributed by atoms with E-state index in [0.717, 1.165) is 19.3 Å². The summed E-state index contributed by atoms with van der Waals surface area (Å²) < 4.78 is 0. The molecule has 0 saturated carbocycles. The zero-order chi connectivity index (χ0) is 13.2. The van der Waals surface area contributed by atoms with Gasteiger partial charge in [-0.05, 0) is 12.8 Å². The number of nitriles is 2. The van der Waals surface area contributed by atoms with Crippen molar-refractivity contribution in [3.05, 3.63) is 50.1 Å². The van der Waals surface area contributed by atoms with E-state index in [2.05, 4.69) is 33.2 Å². The summed E-state index contributed by atoms with van der Waals surface area (Å²) >= 11 is 0. The van der Waals surface area contributed by atoms with Gasteiger partial charge in [0.2, 0.25) is 0 Å². The van der Waals surface area contributed by atoms with E-state index in [1.807, 2.05) is 6.07 Å². The molecule has 16 heavy (non-hydrogen) atoms. The fraction of sp³-hybridized carbons (Fsp3) is 0.286. The van der Waals surface area contributed by atoms with Gasteiger partial charge in [-0.25, -0.2) is 0 Å². The smallest absolute Gasteiger partial charge is 0.0940 e. The van der Waals surface area contributed by atoms with Crippen molar-refractivity contribution in [3.8, 4) is 12.1 Å². The Bertz CT molecular complexity index is 268. The van der Waals surface area contributed by atoms with Gasteiger partial charge in [-0.2, -0.15) is 10.5 Å². The predicted octanol–water partition coefficient (Wildman–Crippen LogP) is 4.31. The van der Waals surface area contributed by atoms with Gasteiger partial charge < -0.3 is 0 Å². The number of allylic oxidation sites excluding steroid dienone is 4. The fourth-order valence-electron chi connectivity index (χ4n) is 0.446. The predicted molar refractivity (Wildman–Crippen MR) is 70.5 cm³/mol. The maximum Gasteiger partial charge on any atom is 0.0940 e. The Kier molecular flexibility index (Phi) is 28.1. The van der Waals surface area contributed by atoms with E-state index >= 15 is 0 Å². The molecule has 0 saturated heterocycles. The van der Waals surface area contributed by atoms with Crippen molar-refractivity contribution in [2.24, 2.45) is 0 Å². The first kappa shape index (κ1) is 19.5. The second kappa shape index (κ2) is 23.1. The topological polar surface area (TPSA) is 47.6 Å². The average molecular weight is 216 g/mol. The summed E-state index contributed by atoms with van der Waals surface area (Å²) in [6.07, 6.45) is 7.56. The van der Waals surface area contributed by atoms with Crippen molar-refractivity contribution in [2.45, 2.75) is 26.2 Å². The number of hydrogen-bond acceptors (Lipinski definition) is 2. The molecule has 0 atom stereocenters. The highest BCUT2D eigenvalue weighted by Gasteiger charge is 1.86. The highest BCUT2D eigenvalue weighted by atomic mass is 14.2. The Morgan fingerprint density at radius 3 is 1.81 bits per heavy atom. The van der Waals surface area contributed by atoms with Crippen LogP contribution in [-0.4, -0.2) is 0 Å². The molecule has 0 aliphatic heterocycles. The average Bonchev–Trinajstić information content (AvgIpc) is 2.36. The van der Waals surface area contributed by atoms with Crippen LogP contribution >= 0.6 is 0 Å². The molecule has 86 valence electrons. The Balaban J connectivity index is -0.000000179. The second-order valence-electron chi connectivity index (χ2n) is 2.62. The molecule has 0 aliphatic rings. The second-order valence-corrected chi connectivity index (χ2v) is 2.62. The SMILES string of the molecule is C=C(C#N)CCCC.C=CC#N.C=CC=C. The van der Waals surface area contributed by atoms with Crippen LogP contribution in [0.5, 0.6) is 0 Å². The minimum Gasteiger partial charge on any atom is -0.193 e. The van der Waals surface area contributed by atoms with E-state index in [-0.39, 0.29) is 0 Å². The van der Waals surface area contributed by atoms with Crippen molar-refractivity contribution < 1.29 is 0 Å². The molecule has 0 spiro atoms. The number of rotatable bonds is 4. The van der Waals surface area contributed by atoms with Gasteiger partial charge in [-0.15, -0.1) is 0 Å². The maximum atomic E-state index is 8.21. The van der Waals surface area contributed by atoms with Crippen LogP contribution in [0.25, 0.3) is 0 Å². The maximum absolute atomic E-state index is 8.21. The first-order valence-electron chi connectivity index (χ1n) is 4.96. The third-order valence-corrected chi connectivity index (χ3v) is 1.25. The summed E-state index contributed by atoms with van der Waals surface area (Å²) in [5.41, 5.74) is 0.701.